The van der Waals surface area contributed by atoms with E-state index in [4.69, 9.17) is 0 Å². The van der Waals surface area contributed by atoms with Crippen LogP contribution < -0.4 is 10.6 Å². The summed E-state index contributed by atoms with van der Waals surface area (Å²) in [5.74, 6) is 1.71. The number of aromatic nitrogens is 4. The lowest BCUT2D eigenvalue weighted by atomic mass is 9.98. The highest BCUT2D eigenvalue weighted by Crippen LogP contribution is 2.22. The molecule has 8 nitrogen and oxygen atoms in total. The molecule has 0 aliphatic carbocycles. The average molecular weight is 376 g/mol. The Hall–Kier alpha value is -3.55. The number of nitrogens with one attached hydrogen (secondary N) is 2. The van der Waals surface area contributed by atoms with E-state index in [0.29, 0.717) is 23.6 Å². The van der Waals surface area contributed by atoms with Crippen LogP contribution in [0.3, 0.4) is 0 Å². The Kier molecular flexibility index (Phi) is 4.84. The van der Waals surface area contributed by atoms with Crippen molar-refractivity contribution in [3.05, 3.63) is 65.9 Å². The Morgan fingerprint density at radius 2 is 2.00 bits per heavy atom. The molecule has 28 heavy (non-hydrogen) atoms. The van der Waals surface area contributed by atoms with Gasteiger partial charge in [-0.25, -0.2) is 4.98 Å². The normalized spacial score (nSPS) is 15.5. The molecule has 0 fully saturated rings. The number of rotatable bonds is 4. The second-order valence-electron chi connectivity index (χ2n) is 6.75. The molecule has 4 rings (SSSR count). The van der Waals surface area contributed by atoms with Crippen LogP contribution in [0.25, 0.3) is 0 Å². The zero-order valence-electron chi connectivity index (χ0n) is 15.4. The first-order chi connectivity index (χ1) is 13.6. The van der Waals surface area contributed by atoms with Gasteiger partial charge >= 0.3 is 0 Å². The zero-order valence-corrected chi connectivity index (χ0v) is 15.4. The molecule has 2 aromatic heterocycles. The van der Waals surface area contributed by atoms with Crippen molar-refractivity contribution in [1.29, 1.82) is 0 Å². The molecule has 0 saturated heterocycles. The van der Waals surface area contributed by atoms with Crippen molar-refractivity contribution < 1.29 is 9.59 Å². The van der Waals surface area contributed by atoms with E-state index in [2.05, 4.69) is 25.8 Å². The number of hydrogen-bond donors (Lipinski definition) is 2. The molecule has 8 heteroatoms. The van der Waals surface area contributed by atoms with Crippen LogP contribution in [0.1, 0.15) is 28.4 Å². The molecule has 0 saturated carbocycles. The average Bonchev–Trinajstić information content (AvgIpc) is 3.09. The molecular weight excluding hydrogens is 356 g/mol. The van der Waals surface area contributed by atoms with E-state index >= 15 is 0 Å². The maximum absolute atomic E-state index is 12.7. The molecule has 0 radical (unpaired) electrons. The smallest absolute Gasteiger partial charge is 0.256 e. The number of amides is 2. The fourth-order valence-electron chi connectivity index (χ4n) is 3.28. The van der Waals surface area contributed by atoms with E-state index in [-0.39, 0.29) is 17.7 Å². The molecule has 142 valence electrons. The Labute approximate surface area is 162 Å². The molecule has 0 spiro atoms. The minimum absolute atomic E-state index is 0.0685. The number of carbonyl (C=O) groups excluding carboxylic acids is 2. The van der Waals surface area contributed by atoms with E-state index in [0.717, 1.165) is 24.5 Å². The van der Waals surface area contributed by atoms with Crippen LogP contribution in [-0.4, -0.2) is 31.6 Å². The SMILES string of the molecule is Cc1nnc2n1CC(C(=O)Nc1cccc(C(=O)Nc3ccccn3)c1)CC2. The number of anilines is 2. The van der Waals surface area contributed by atoms with Crippen LogP contribution in [0.2, 0.25) is 0 Å². The van der Waals surface area contributed by atoms with Gasteiger partial charge in [-0.15, -0.1) is 10.2 Å². The van der Waals surface area contributed by atoms with Crippen molar-refractivity contribution in [2.75, 3.05) is 10.6 Å². The molecule has 2 N–H and O–H groups in total. The number of benzene rings is 1. The lowest BCUT2D eigenvalue weighted by molar-refractivity contribution is -0.120. The highest BCUT2D eigenvalue weighted by molar-refractivity contribution is 6.05. The van der Waals surface area contributed by atoms with Crippen molar-refractivity contribution >= 4 is 23.3 Å². The maximum atomic E-state index is 12.7. The van der Waals surface area contributed by atoms with Crippen molar-refractivity contribution in [3.63, 3.8) is 0 Å². The zero-order chi connectivity index (χ0) is 19.5. The van der Waals surface area contributed by atoms with Crippen molar-refractivity contribution in [2.45, 2.75) is 26.3 Å². The number of aryl methyl sites for hydroxylation is 2. The van der Waals surface area contributed by atoms with E-state index in [1.807, 2.05) is 11.5 Å². The minimum Gasteiger partial charge on any atom is -0.326 e. The maximum Gasteiger partial charge on any atom is 0.256 e. The monoisotopic (exact) mass is 376 g/mol. The Bertz CT molecular complexity index is 1010. The quantitative estimate of drug-likeness (QED) is 0.728. The van der Waals surface area contributed by atoms with Crippen LogP contribution in [0.5, 0.6) is 0 Å². The molecule has 1 aliphatic rings. The van der Waals surface area contributed by atoms with Gasteiger partial charge in [0.1, 0.15) is 17.5 Å². The fraction of sp³-hybridized carbons (Fsp3) is 0.250. The van der Waals surface area contributed by atoms with E-state index in [1.165, 1.54) is 0 Å². The lowest BCUT2D eigenvalue weighted by Gasteiger charge is -2.23. The Morgan fingerprint density at radius 1 is 1.11 bits per heavy atom. The number of carbonyl (C=O) groups is 2. The summed E-state index contributed by atoms with van der Waals surface area (Å²) < 4.78 is 1.99. The summed E-state index contributed by atoms with van der Waals surface area (Å²) in [5.41, 5.74) is 1.04. The van der Waals surface area contributed by atoms with Gasteiger partial charge in [0.15, 0.2) is 0 Å². The molecule has 1 unspecified atom stereocenters. The summed E-state index contributed by atoms with van der Waals surface area (Å²) in [6.45, 7) is 2.46. The molecule has 0 bridgehead atoms. The third-order valence-electron chi connectivity index (χ3n) is 4.80. The van der Waals surface area contributed by atoms with Gasteiger partial charge in [-0.2, -0.15) is 0 Å². The third-order valence-corrected chi connectivity index (χ3v) is 4.80. The van der Waals surface area contributed by atoms with Gasteiger partial charge in [-0.1, -0.05) is 12.1 Å². The molecular formula is C20H20N6O2. The standard InChI is InChI=1S/C20H20N6O2/c1-13-24-25-18-9-8-15(12-26(13)18)20(28)22-16-6-4-5-14(11-16)19(27)23-17-7-2-3-10-21-17/h2-7,10-11,15H,8-9,12H2,1H3,(H,22,28)(H,21,23,27). The summed E-state index contributed by atoms with van der Waals surface area (Å²) >= 11 is 0. The van der Waals surface area contributed by atoms with Gasteiger partial charge in [-0.3, -0.25) is 9.59 Å². The van der Waals surface area contributed by atoms with Crippen LogP contribution in [0.15, 0.2) is 48.7 Å². The number of fused-ring (bicyclic) bond motifs is 1. The van der Waals surface area contributed by atoms with Gasteiger partial charge in [-0.05, 0) is 43.7 Å². The van der Waals surface area contributed by atoms with E-state index < -0.39 is 0 Å². The summed E-state index contributed by atoms with van der Waals surface area (Å²) in [5, 5.41) is 13.9. The first-order valence-corrected chi connectivity index (χ1v) is 9.12. The highest BCUT2D eigenvalue weighted by Gasteiger charge is 2.27. The topological polar surface area (TPSA) is 102 Å². The van der Waals surface area contributed by atoms with Gasteiger partial charge in [0.2, 0.25) is 5.91 Å². The van der Waals surface area contributed by atoms with E-state index in [1.54, 1.807) is 48.7 Å². The van der Waals surface area contributed by atoms with Gasteiger partial charge in [0.05, 0.1) is 5.92 Å². The lowest BCUT2D eigenvalue weighted by Crippen LogP contribution is -2.31. The Morgan fingerprint density at radius 3 is 2.82 bits per heavy atom. The molecule has 2 amide bonds. The molecule has 1 atom stereocenters. The summed E-state index contributed by atoms with van der Waals surface area (Å²) in [7, 11) is 0. The van der Waals surface area contributed by atoms with Gasteiger partial charge < -0.3 is 15.2 Å². The van der Waals surface area contributed by atoms with Crippen LogP contribution in [0, 0.1) is 12.8 Å². The molecule has 3 heterocycles. The second-order valence-corrected chi connectivity index (χ2v) is 6.75. The number of nitrogens with zero attached hydrogens (tertiary/aromatic N) is 4. The minimum atomic E-state index is -0.280. The Balaban J connectivity index is 1.43. The third kappa shape index (κ3) is 3.75. The summed E-state index contributed by atoms with van der Waals surface area (Å²) in [6.07, 6.45) is 3.06. The van der Waals surface area contributed by atoms with Gasteiger partial charge in [0.25, 0.3) is 5.91 Å². The number of pyridine rings is 1. The van der Waals surface area contributed by atoms with Crippen LogP contribution >= 0.6 is 0 Å². The van der Waals surface area contributed by atoms with E-state index in [9.17, 15) is 9.59 Å². The fourth-order valence-corrected chi connectivity index (χ4v) is 3.28. The number of hydrogen-bond acceptors (Lipinski definition) is 5. The van der Waals surface area contributed by atoms with Gasteiger partial charge in [0, 0.05) is 30.4 Å². The van der Waals surface area contributed by atoms with Crippen molar-refractivity contribution in [2.24, 2.45) is 5.92 Å². The predicted molar refractivity (Wildman–Crippen MR) is 104 cm³/mol. The molecule has 1 aliphatic heterocycles. The highest BCUT2D eigenvalue weighted by atomic mass is 16.2. The van der Waals surface area contributed by atoms with Crippen LogP contribution in [-0.2, 0) is 17.8 Å². The predicted octanol–water partition coefficient (Wildman–Crippen LogP) is 2.43. The first kappa shape index (κ1) is 17.8. The summed E-state index contributed by atoms with van der Waals surface area (Å²) in [6, 6.07) is 12.2. The molecule has 3 aromatic rings. The second kappa shape index (κ2) is 7.59. The van der Waals surface area contributed by atoms with Crippen LogP contribution in [0.4, 0.5) is 11.5 Å². The van der Waals surface area contributed by atoms with Crippen molar-refractivity contribution in [1.82, 2.24) is 19.7 Å². The largest absolute Gasteiger partial charge is 0.326 e. The molecule has 1 aromatic carbocycles. The van der Waals surface area contributed by atoms with Crippen molar-refractivity contribution in [3.8, 4) is 0 Å². The first-order valence-electron chi connectivity index (χ1n) is 9.12. The summed E-state index contributed by atoms with van der Waals surface area (Å²) in [4.78, 5) is 29.2.